The summed E-state index contributed by atoms with van der Waals surface area (Å²) < 4.78 is 0. The van der Waals surface area contributed by atoms with Crippen LogP contribution in [-0.4, -0.2) is 0 Å². The lowest BCUT2D eigenvalue weighted by Gasteiger charge is -2.35. The molecule has 48 heavy (non-hydrogen) atoms. The SMILES string of the molecule is c1ccc(-c2c(N(c3ccccc3)c3ccccc3)c3ccc4cccc5ccc(c2N(c2ccccc2)c2ccccc2)c3c45)cc1. The topological polar surface area (TPSA) is 6.48 Å². The molecule has 0 aliphatic rings. The van der Waals surface area contributed by atoms with E-state index in [0.717, 1.165) is 39.7 Å². The van der Waals surface area contributed by atoms with E-state index in [1.807, 2.05) is 0 Å². The van der Waals surface area contributed by atoms with Gasteiger partial charge in [0.05, 0.1) is 11.4 Å². The van der Waals surface area contributed by atoms with Crippen molar-refractivity contribution in [3.05, 3.63) is 194 Å². The number of hydrogen-bond donors (Lipinski definition) is 0. The predicted octanol–water partition coefficient (Wildman–Crippen LogP) is 13.2. The minimum absolute atomic E-state index is 1.10. The molecule has 0 aliphatic carbocycles. The van der Waals surface area contributed by atoms with Gasteiger partial charge in [-0.25, -0.2) is 0 Å². The van der Waals surface area contributed by atoms with Crippen LogP contribution in [0, 0.1) is 0 Å². The van der Waals surface area contributed by atoms with Crippen molar-refractivity contribution in [2.75, 3.05) is 9.80 Å². The van der Waals surface area contributed by atoms with Crippen molar-refractivity contribution in [1.29, 1.82) is 0 Å². The molecule has 0 aromatic heterocycles. The molecular weight excluding hydrogens is 581 g/mol. The van der Waals surface area contributed by atoms with Crippen molar-refractivity contribution in [2.45, 2.75) is 0 Å². The highest BCUT2D eigenvalue weighted by Gasteiger charge is 2.30. The average molecular weight is 613 g/mol. The van der Waals surface area contributed by atoms with Crippen LogP contribution in [0.3, 0.4) is 0 Å². The summed E-state index contributed by atoms with van der Waals surface area (Å²) in [6, 6.07) is 69.9. The Balaban J connectivity index is 1.55. The Morgan fingerprint density at radius 3 is 1.00 bits per heavy atom. The molecule has 2 nitrogen and oxygen atoms in total. The van der Waals surface area contributed by atoms with Gasteiger partial charge in [-0.1, -0.05) is 146 Å². The minimum atomic E-state index is 1.10. The molecule has 0 radical (unpaired) electrons. The lowest BCUT2D eigenvalue weighted by molar-refractivity contribution is 1.27. The molecule has 0 bridgehead atoms. The average Bonchev–Trinajstić information content (AvgIpc) is 3.17. The third kappa shape index (κ3) is 4.58. The van der Waals surface area contributed by atoms with Gasteiger partial charge in [-0.05, 0) is 70.3 Å². The molecular formula is C46H32N2. The first-order valence-electron chi connectivity index (χ1n) is 16.5. The van der Waals surface area contributed by atoms with Gasteiger partial charge in [-0.2, -0.15) is 0 Å². The Morgan fingerprint density at radius 1 is 0.271 bits per heavy atom. The smallest absolute Gasteiger partial charge is 0.0640 e. The first kappa shape index (κ1) is 27.9. The van der Waals surface area contributed by atoms with Gasteiger partial charge >= 0.3 is 0 Å². The second-order valence-corrected chi connectivity index (χ2v) is 12.1. The van der Waals surface area contributed by atoms with Gasteiger partial charge in [0, 0.05) is 44.5 Å². The minimum Gasteiger partial charge on any atom is -0.309 e. The molecule has 0 unspecified atom stereocenters. The maximum Gasteiger partial charge on any atom is 0.0640 e. The van der Waals surface area contributed by atoms with Crippen LogP contribution in [0.5, 0.6) is 0 Å². The fourth-order valence-corrected chi connectivity index (χ4v) is 7.32. The Bertz CT molecular complexity index is 2250. The van der Waals surface area contributed by atoms with Crippen LogP contribution in [0.4, 0.5) is 34.1 Å². The van der Waals surface area contributed by atoms with Gasteiger partial charge in [0.2, 0.25) is 0 Å². The summed E-state index contributed by atoms with van der Waals surface area (Å²) in [5.74, 6) is 0. The van der Waals surface area contributed by atoms with Crippen LogP contribution < -0.4 is 9.80 Å². The zero-order valence-electron chi connectivity index (χ0n) is 26.4. The van der Waals surface area contributed by atoms with Crippen molar-refractivity contribution >= 4 is 66.4 Å². The lowest BCUT2D eigenvalue weighted by Crippen LogP contribution is -2.16. The molecule has 2 heteroatoms. The number of hydrogen-bond acceptors (Lipinski definition) is 2. The first-order chi connectivity index (χ1) is 23.9. The van der Waals surface area contributed by atoms with Crippen molar-refractivity contribution < 1.29 is 0 Å². The summed E-state index contributed by atoms with van der Waals surface area (Å²) in [6.45, 7) is 0. The molecule has 9 rings (SSSR count). The highest BCUT2D eigenvalue weighted by atomic mass is 15.2. The van der Waals surface area contributed by atoms with E-state index in [9.17, 15) is 0 Å². The van der Waals surface area contributed by atoms with Gasteiger partial charge in [0.15, 0.2) is 0 Å². The fraction of sp³-hybridized carbons (Fsp3) is 0. The second kappa shape index (κ2) is 11.8. The quantitative estimate of drug-likeness (QED) is 0.165. The summed E-state index contributed by atoms with van der Waals surface area (Å²) in [4.78, 5) is 4.90. The third-order valence-electron chi connectivity index (χ3n) is 9.33. The molecule has 0 spiro atoms. The van der Waals surface area contributed by atoms with E-state index in [1.54, 1.807) is 0 Å². The summed E-state index contributed by atoms with van der Waals surface area (Å²) in [7, 11) is 0. The van der Waals surface area contributed by atoms with Crippen molar-refractivity contribution in [2.24, 2.45) is 0 Å². The van der Waals surface area contributed by atoms with Crippen LogP contribution in [0.1, 0.15) is 0 Å². The van der Waals surface area contributed by atoms with Crippen LogP contribution in [0.15, 0.2) is 194 Å². The number of rotatable bonds is 7. The summed E-state index contributed by atoms with van der Waals surface area (Å²) >= 11 is 0. The van der Waals surface area contributed by atoms with Crippen LogP contribution >= 0.6 is 0 Å². The maximum atomic E-state index is 2.45. The monoisotopic (exact) mass is 612 g/mol. The molecule has 226 valence electrons. The highest BCUT2D eigenvalue weighted by molar-refractivity contribution is 6.32. The van der Waals surface area contributed by atoms with E-state index >= 15 is 0 Å². The Labute approximate surface area is 280 Å². The molecule has 0 N–H and O–H groups in total. The lowest BCUT2D eigenvalue weighted by atomic mass is 9.86. The van der Waals surface area contributed by atoms with E-state index in [4.69, 9.17) is 0 Å². The number of para-hydroxylation sites is 4. The van der Waals surface area contributed by atoms with E-state index < -0.39 is 0 Å². The van der Waals surface area contributed by atoms with Gasteiger partial charge in [-0.15, -0.1) is 0 Å². The largest absolute Gasteiger partial charge is 0.309 e. The van der Waals surface area contributed by atoms with Gasteiger partial charge in [0.25, 0.3) is 0 Å². The van der Waals surface area contributed by atoms with Crippen molar-refractivity contribution in [1.82, 2.24) is 0 Å². The van der Waals surface area contributed by atoms with E-state index in [1.165, 1.54) is 37.9 Å². The fourth-order valence-electron chi connectivity index (χ4n) is 7.32. The van der Waals surface area contributed by atoms with Crippen LogP contribution in [0.25, 0.3) is 43.4 Å². The highest BCUT2D eigenvalue weighted by Crippen LogP contribution is 2.56. The molecule has 9 aromatic carbocycles. The molecule has 0 fully saturated rings. The molecule has 0 saturated heterocycles. The van der Waals surface area contributed by atoms with Gasteiger partial charge in [0.1, 0.15) is 0 Å². The molecule has 0 atom stereocenters. The Hall–Kier alpha value is -6.38. The first-order valence-corrected chi connectivity index (χ1v) is 16.5. The molecule has 0 heterocycles. The summed E-state index contributed by atoms with van der Waals surface area (Å²) in [5, 5.41) is 7.47. The summed E-state index contributed by atoms with van der Waals surface area (Å²) in [5.41, 5.74) is 9.04. The van der Waals surface area contributed by atoms with Crippen LogP contribution in [-0.2, 0) is 0 Å². The molecule has 0 saturated carbocycles. The predicted molar refractivity (Wildman–Crippen MR) is 205 cm³/mol. The maximum absolute atomic E-state index is 2.45. The van der Waals surface area contributed by atoms with Crippen LogP contribution in [0.2, 0.25) is 0 Å². The Morgan fingerprint density at radius 2 is 0.625 bits per heavy atom. The zero-order chi connectivity index (χ0) is 31.9. The molecule has 0 aliphatic heterocycles. The van der Waals surface area contributed by atoms with Gasteiger partial charge < -0.3 is 9.80 Å². The summed E-state index contributed by atoms with van der Waals surface area (Å²) in [6.07, 6.45) is 0. The van der Waals surface area contributed by atoms with E-state index in [2.05, 4.69) is 204 Å². The molecule has 0 amide bonds. The van der Waals surface area contributed by atoms with Crippen molar-refractivity contribution in [3.63, 3.8) is 0 Å². The molecule has 9 aromatic rings. The number of anilines is 6. The number of benzene rings is 9. The van der Waals surface area contributed by atoms with E-state index in [-0.39, 0.29) is 0 Å². The standard InChI is InChI=1S/C46H32N2/c1-6-17-33(18-7-1)43-45(47(36-21-8-2-9-22-36)37-23-10-3-11-24-37)40-31-29-34-19-16-20-35-30-32-41(44(40)42(34)35)46(43)48(38-25-12-4-13-26-38)39-27-14-5-15-28-39/h1-32H. The number of nitrogens with zero attached hydrogens (tertiary/aromatic N) is 2. The van der Waals surface area contributed by atoms with Gasteiger partial charge in [-0.3, -0.25) is 0 Å². The third-order valence-corrected chi connectivity index (χ3v) is 9.33. The van der Waals surface area contributed by atoms with E-state index in [0.29, 0.717) is 0 Å². The Kier molecular flexibility index (Phi) is 6.84. The van der Waals surface area contributed by atoms with Crippen molar-refractivity contribution in [3.8, 4) is 11.1 Å². The normalized spacial score (nSPS) is 11.3. The zero-order valence-corrected chi connectivity index (χ0v) is 26.4. The second-order valence-electron chi connectivity index (χ2n) is 12.1.